The second-order valence-corrected chi connectivity index (χ2v) is 11.1. The lowest BCUT2D eigenvalue weighted by atomic mass is 9.97. The van der Waals surface area contributed by atoms with E-state index in [2.05, 4.69) is 10.0 Å². The number of rotatable bonds is 10. The van der Waals surface area contributed by atoms with E-state index in [1.807, 2.05) is 12.1 Å². The number of para-hydroxylation sites is 1. The minimum absolute atomic E-state index is 0.0535. The Balaban J connectivity index is 1.54. The van der Waals surface area contributed by atoms with Crippen LogP contribution in [0.3, 0.4) is 0 Å². The number of amides is 3. The van der Waals surface area contributed by atoms with E-state index in [1.54, 1.807) is 68.4 Å². The third-order valence-corrected chi connectivity index (χ3v) is 8.10. The van der Waals surface area contributed by atoms with Crippen molar-refractivity contribution in [3.05, 3.63) is 102 Å². The maximum Gasteiger partial charge on any atom is 0.264 e. The first kappa shape index (κ1) is 29.3. The van der Waals surface area contributed by atoms with Crippen molar-refractivity contribution >= 4 is 44.2 Å². The number of carbonyl (C=O) groups is 3. The normalized spacial score (nSPS) is 12.0. The first-order valence-electron chi connectivity index (χ1n) is 13.2. The van der Waals surface area contributed by atoms with Crippen molar-refractivity contribution in [2.45, 2.75) is 25.2 Å². The molecule has 0 saturated carbocycles. The second-order valence-electron chi connectivity index (χ2n) is 9.41. The van der Waals surface area contributed by atoms with E-state index in [0.29, 0.717) is 29.7 Å². The van der Waals surface area contributed by atoms with Gasteiger partial charge in [0.15, 0.2) is 0 Å². The minimum atomic E-state index is -4.25. The van der Waals surface area contributed by atoms with Crippen LogP contribution in [0.15, 0.2) is 95.9 Å². The van der Waals surface area contributed by atoms with E-state index in [0.717, 1.165) is 5.39 Å². The Morgan fingerprint density at radius 1 is 0.829 bits per heavy atom. The van der Waals surface area contributed by atoms with Gasteiger partial charge in [-0.25, -0.2) is 13.1 Å². The highest BCUT2D eigenvalue weighted by molar-refractivity contribution is 7.90. The molecule has 4 rings (SSSR count). The van der Waals surface area contributed by atoms with E-state index in [4.69, 9.17) is 0 Å². The fourth-order valence-corrected chi connectivity index (χ4v) is 5.52. The molecule has 41 heavy (non-hydrogen) atoms. The number of nitrogens with one attached hydrogen (secondary N) is 2. The predicted octanol–water partition coefficient (Wildman–Crippen LogP) is 4.33. The Kier molecular flexibility index (Phi) is 9.04. The van der Waals surface area contributed by atoms with Crippen LogP contribution in [0.5, 0.6) is 5.75 Å². The van der Waals surface area contributed by atoms with Gasteiger partial charge in [0.2, 0.25) is 11.8 Å². The molecular formula is C31H31N3O6S. The lowest BCUT2D eigenvalue weighted by Crippen LogP contribution is -2.46. The second kappa shape index (κ2) is 12.6. The van der Waals surface area contributed by atoms with Crippen molar-refractivity contribution in [3.8, 4) is 5.75 Å². The zero-order valence-electron chi connectivity index (χ0n) is 22.7. The molecule has 0 aliphatic carbocycles. The van der Waals surface area contributed by atoms with Gasteiger partial charge in [-0.05, 0) is 73.0 Å². The number of aromatic hydroxyl groups is 1. The van der Waals surface area contributed by atoms with Crippen LogP contribution in [0, 0.1) is 5.92 Å². The summed E-state index contributed by atoms with van der Waals surface area (Å²) in [5.74, 6) is -3.36. The molecule has 10 heteroatoms. The molecule has 3 amide bonds. The zero-order valence-corrected chi connectivity index (χ0v) is 23.5. The molecule has 1 unspecified atom stereocenters. The number of hydrogen-bond acceptors (Lipinski definition) is 6. The molecule has 0 aliphatic rings. The number of sulfonamides is 1. The summed E-state index contributed by atoms with van der Waals surface area (Å²) in [6.45, 7) is 4.27. The van der Waals surface area contributed by atoms with Crippen molar-refractivity contribution in [2.75, 3.05) is 18.4 Å². The van der Waals surface area contributed by atoms with E-state index in [9.17, 15) is 27.9 Å². The van der Waals surface area contributed by atoms with Crippen LogP contribution in [0.2, 0.25) is 0 Å². The average Bonchev–Trinajstić information content (AvgIpc) is 2.97. The maximum atomic E-state index is 13.4. The van der Waals surface area contributed by atoms with Gasteiger partial charge in [0.1, 0.15) is 11.7 Å². The van der Waals surface area contributed by atoms with Gasteiger partial charge in [0, 0.05) is 18.8 Å². The number of carbonyl (C=O) groups excluding carboxylic acids is 3. The van der Waals surface area contributed by atoms with Gasteiger partial charge in [0.05, 0.1) is 10.5 Å². The molecule has 0 fully saturated rings. The van der Waals surface area contributed by atoms with Crippen molar-refractivity contribution in [2.24, 2.45) is 5.92 Å². The Hall–Kier alpha value is -4.70. The molecule has 0 aliphatic heterocycles. The van der Waals surface area contributed by atoms with Crippen LogP contribution in [-0.4, -0.2) is 49.2 Å². The first-order valence-corrected chi connectivity index (χ1v) is 14.6. The Bertz CT molecular complexity index is 1680. The largest absolute Gasteiger partial charge is 0.507 e. The van der Waals surface area contributed by atoms with Crippen molar-refractivity contribution < 1.29 is 27.9 Å². The zero-order chi connectivity index (χ0) is 29.6. The summed E-state index contributed by atoms with van der Waals surface area (Å²) in [5, 5.41) is 14.2. The number of nitrogens with zero attached hydrogens (tertiary/aromatic N) is 1. The average molecular weight is 574 g/mol. The lowest BCUT2D eigenvalue weighted by molar-refractivity contribution is -0.141. The molecule has 4 aromatic rings. The molecule has 3 N–H and O–H groups in total. The van der Waals surface area contributed by atoms with Gasteiger partial charge < -0.3 is 15.3 Å². The van der Waals surface area contributed by atoms with Crippen LogP contribution >= 0.6 is 0 Å². The first-order chi connectivity index (χ1) is 19.6. The van der Waals surface area contributed by atoms with Gasteiger partial charge in [0.25, 0.3) is 15.9 Å². The number of anilines is 1. The Morgan fingerprint density at radius 2 is 1.46 bits per heavy atom. The van der Waals surface area contributed by atoms with Crippen LogP contribution in [0.25, 0.3) is 10.8 Å². The molecule has 0 radical (unpaired) electrons. The topological polar surface area (TPSA) is 133 Å². The Labute approximate surface area is 238 Å². The molecular weight excluding hydrogens is 542 g/mol. The highest BCUT2D eigenvalue weighted by Gasteiger charge is 2.33. The molecule has 0 heterocycles. The number of phenolic OH excluding ortho intramolecular Hbond substituents is 1. The monoisotopic (exact) mass is 573 g/mol. The van der Waals surface area contributed by atoms with Crippen LogP contribution in [0.1, 0.15) is 29.8 Å². The fourth-order valence-electron chi connectivity index (χ4n) is 4.47. The van der Waals surface area contributed by atoms with Gasteiger partial charge in [-0.3, -0.25) is 14.4 Å². The highest BCUT2D eigenvalue weighted by atomic mass is 32.2. The summed E-state index contributed by atoms with van der Waals surface area (Å²) in [4.78, 5) is 40.6. The summed E-state index contributed by atoms with van der Waals surface area (Å²) < 4.78 is 28.4. The van der Waals surface area contributed by atoms with E-state index >= 15 is 0 Å². The molecule has 4 aromatic carbocycles. The number of hydrogen-bond donors (Lipinski definition) is 3. The number of phenols is 1. The molecule has 212 valence electrons. The van der Waals surface area contributed by atoms with Gasteiger partial charge in [-0.2, -0.15) is 0 Å². The summed E-state index contributed by atoms with van der Waals surface area (Å²) in [7, 11) is -4.25. The third kappa shape index (κ3) is 6.90. The van der Waals surface area contributed by atoms with Crippen LogP contribution in [0.4, 0.5) is 5.69 Å². The lowest BCUT2D eigenvalue weighted by Gasteiger charge is -2.25. The van der Waals surface area contributed by atoms with E-state index < -0.39 is 33.7 Å². The standard InChI is InChI=1S/C31H31N3O6S/c1-3-34(4-2)31(38)27(30(37)33-41(39,40)25-18-15-22-9-5-6-10-23(22)20-25)19-21-13-16-24(17-14-21)32-29(36)26-11-7-8-12-28(26)35/h5-18,20,27,35H,3-4,19H2,1-2H3,(H,32,36)(H,33,37). The SMILES string of the molecule is CCN(CC)C(=O)C(Cc1ccc(NC(=O)c2ccccc2O)cc1)C(=O)NS(=O)(=O)c1ccc2ccccc2c1. The third-order valence-electron chi connectivity index (χ3n) is 6.76. The van der Waals surface area contributed by atoms with Crippen LogP contribution < -0.4 is 10.0 Å². The Morgan fingerprint density at radius 3 is 2.12 bits per heavy atom. The van der Waals surface area contributed by atoms with Gasteiger partial charge in [-0.1, -0.05) is 54.6 Å². The highest BCUT2D eigenvalue weighted by Crippen LogP contribution is 2.22. The molecule has 0 spiro atoms. The summed E-state index contributed by atoms with van der Waals surface area (Å²) in [6.07, 6.45) is -0.0535. The smallest absolute Gasteiger partial charge is 0.264 e. The van der Waals surface area contributed by atoms with Crippen molar-refractivity contribution in [3.63, 3.8) is 0 Å². The summed E-state index contributed by atoms with van der Waals surface area (Å²) in [6, 6.07) is 24.5. The molecule has 1 atom stereocenters. The van der Waals surface area contributed by atoms with Gasteiger partial charge >= 0.3 is 0 Å². The molecule has 9 nitrogen and oxygen atoms in total. The maximum absolute atomic E-state index is 13.4. The minimum Gasteiger partial charge on any atom is -0.507 e. The fraction of sp³-hybridized carbons (Fsp3) is 0.194. The van der Waals surface area contributed by atoms with Crippen molar-refractivity contribution in [1.82, 2.24) is 9.62 Å². The molecule has 0 saturated heterocycles. The van der Waals surface area contributed by atoms with Crippen molar-refractivity contribution in [1.29, 1.82) is 0 Å². The number of fused-ring (bicyclic) bond motifs is 1. The summed E-state index contributed by atoms with van der Waals surface area (Å²) >= 11 is 0. The predicted molar refractivity (Wildman–Crippen MR) is 157 cm³/mol. The van der Waals surface area contributed by atoms with E-state index in [-0.39, 0.29) is 22.6 Å². The summed E-state index contributed by atoms with van der Waals surface area (Å²) in [5.41, 5.74) is 1.15. The van der Waals surface area contributed by atoms with Crippen LogP contribution in [-0.2, 0) is 26.0 Å². The molecule has 0 bridgehead atoms. The van der Waals surface area contributed by atoms with Gasteiger partial charge in [-0.15, -0.1) is 0 Å². The van der Waals surface area contributed by atoms with E-state index in [1.165, 1.54) is 29.2 Å². The quantitative estimate of drug-likeness (QED) is 0.242. The molecule has 0 aromatic heterocycles. The number of benzene rings is 4.